The van der Waals surface area contributed by atoms with Gasteiger partial charge < -0.3 is 9.80 Å². The van der Waals surface area contributed by atoms with E-state index in [2.05, 4.69) is 64.0 Å². The van der Waals surface area contributed by atoms with E-state index in [1.807, 2.05) is 0 Å². The van der Waals surface area contributed by atoms with Crippen LogP contribution in [0, 0.1) is 0 Å². The highest BCUT2D eigenvalue weighted by atomic mass is 15.3. The Bertz CT molecular complexity index is 267. The molecule has 0 N–H and O–H groups in total. The van der Waals surface area contributed by atoms with Crippen molar-refractivity contribution in [3.8, 4) is 0 Å². The van der Waals surface area contributed by atoms with Gasteiger partial charge in [-0.25, -0.2) is 0 Å². The van der Waals surface area contributed by atoms with E-state index in [0.717, 1.165) is 18.3 Å². The SMILES string of the molecule is CCCC(CC)B(C(CC)CCC)C1N(C)C=CN1C. The number of hydrogen-bond donors (Lipinski definition) is 0. The molecule has 2 unspecified atom stereocenters. The molecule has 0 aromatic rings. The molecule has 0 amide bonds. The molecular weight excluding hydrogens is 243 g/mol. The second kappa shape index (κ2) is 8.64. The smallest absolute Gasteiger partial charge is 0.200 e. The van der Waals surface area contributed by atoms with Crippen LogP contribution in [-0.2, 0) is 0 Å². The molecule has 1 heterocycles. The summed E-state index contributed by atoms with van der Waals surface area (Å²) in [4.78, 5) is 4.86. The lowest BCUT2D eigenvalue weighted by Crippen LogP contribution is -2.52. The van der Waals surface area contributed by atoms with Gasteiger partial charge >= 0.3 is 0 Å². The summed E-state index contributed by atoms with van der Waals surface area (Å²) in [5.74, 6) is 1.71. The van der Waals surface area contributed by atoms with E-state index in [9.17, 15) is 0 Å². The van der Waals surface area contributed by atoms with Gasteiger partial charge in [0.15, 0.2) is 6.71 Å². The Balaban J connectivity index is 2.98. The third-order valence-corrected chi connectivity index (χ3v) is 5.17. The minimum absolute atomic E-state index is 0.558. The van der Waals surface area contributed by atoms with Crippen molar-refractivity contribution < 1.29 is 0 Å². The van der Waals surface area contributed by atoms with Crippen LogP contribution < -0.4 is 0 Å². The van der Waals surface area contributed by atoms with Crippen molar-refractivity contribution in [2.24, 2.45) is 0 Å². The third kappa shape index (κ3) is 3.96. The average Bonchev–Trinajstić information content (AvgIpc) is 2.77. The first kappa shape index (κ1) is 17.5. The molecule has 0 aliphatic carbocycles. The molecule has 0 fully saturated rings. The molecule has 116 valence electrons. The molecule has 2 atom stereocenters. The Morgan fingerprint density at radius 3 is 1.55 bits per heavy atom. The van der Waals surface area contributed by atoms with Gasteiger partial charge in [-0.05, 0) is 0 Å². The Kier molecular flexibility index (Phi) is 7.54. The van der Waals surface area contributed by atoms with E-state index in [-0.39, 0.29) is 0 Å². The van der Waals surface area contributed by atoms with E-state index < -0.39 is 0 Å². The fourth-order valence-electron chi connectivity index (χ4n) is 4.17. The Labute approximate surface area is 127 Å². The molecule has 0 spiro atoms. The van der Waals surface area contributed by atoms with Crippen LogP contribution in [0.1, 0.15) is 66.2 Å². The molecule has 0 saturated heterocycles. The van der Waals surface area contributed by atoms with Crippen LogP contribution in [0.25, 0.3) is 0 Å². The van der Waals surface area contributed by atoms with Crippen molar-refractivity contribution in [3.05, 3.63) is 12.4 Å². The highest BCUT2D eigenvalue weighted by Crippen LogP contribution is 2.38. The van der Waals surface area contributed by atoms with E-state index >= 15 is 0 Å². The summed E-state index contributed by atoms with van der Waals surface area (Å²) in [6.45, 7) is 10.2. The maximum Gasteiger partial charge on any atom is 0.200 e. The lowest BCUT2D eigenvalue weighted by molar-refractivity contribution is 0.274. The first-order valence-electron chi connectivity index (χ1n) is 8.72. The summed E-state index contributed by atoms with van der Waals surface area (Å²) in [6.07, 6.45) is 12.5. The highest BCUT2D eigenvalue weighted by molar-refractivity contribution is 6.63. The van der Waals surface area contributed by atoms with E-state index in [1.54, 1.807) is 0 Å². The van der Waals surface area contributed by atoms with Crippen molar-refractivity contribution in [2.75, 3.05) is 14.1 Å². The van der Waals surface area contributed by atoms with E-state index in [1.165, 1.54) is 38.5 Å². The van der Waals surface area contributed by atoms with Crippen LogP contribution in [-0.4, -0.2) is 36.7 Å². The van der Waals surface area contributed by atoms with Crippen molar-refractivity contribution in [1.29, 1.82) is 0 Å². The summed E-state index contributed by atoms with van der Waals surface area (Å²) in [6, 6.07) is 0.558. The van der Waals surface area contributed by atoms with E-state index in [0.29, 0.717) is 6.07 Å². The maximum absolute atomic E-state index is 2.43. The second-order valence-corrected chi connectivity index (χ2v) is 6.53. The molecule has 0 aromatic heterocycles. The molecule has 1 aliphatic rings. The largest absolute Gasteiger partial charge is 0.366 e. The molecule has 1 rings (SSSR count). The molecule has 20 heavy (non-hydrogen) atoms. The Hall–Kier alpha value is -0.595. The normalized spacial score (nSPS) is 18.7. The summed E-state index contributed by atoms with van der Waals surface area (Å²) in [5.41, 5.74) is 0. The minimum atomic E-state index is 0.558. The molecule has 0 radical (unpaired) electrons. The zero-order valence-corrected chi connectivity index (χ0v) is 14.6. The summed E-state index contributed by atoms with van der Waals surface area (Å²) >= 11 is 0. The van der Waals surface area contributed by atoms with E-state index in [4.69, 9.17) is 0 Å². The lowest BCUT2D eigenvalue weighted by atomic mass is 9.29. The Morgan fingerprint density at radius 1 is 0.850 bits per heavy atom. The number of nitrogens with zero attached hydrogens (tertiary/aromatic N) is 2. The van der Waals surface area contributed by atoms with Crippen molar-refractivity contribution in [3.63, 3.8) is 0 Å². The van der Waals surface area contributed by atoms with Crippen molar-refractivity contribution in [2.45, 2.75) is 83.9 Å². The molecule has 3 heteroatoms. The van der Waals surface area contributed by atoms with Crippen molar-refractivity contribution in [1.82, 2.24) is 9.80 Å². The minimum Gasteiger partial charge on any atom is -0.366 e. The quantitative estimate of drug-likeness (QED) is 0.556. The van der Waals surface area contributed by atoms with Gasteiger partial charge in [-0.2, -0.15) is 0 Å². The maximum atomic E-state index is 2.43. The summed E-state index contributed by atoms with van der Waals surface area (Å²) < 4.78 is 0. The molecule has 0 saturated carbocycles. The predicted octanol–water partition coefficient (Wildman–Crippen LogP) is 4.86. The first-order valence-corrected chi connectivity index (χ1v) is 8.72. The standard InChI is InChI=1S/C17H35BN2/c1-7-11-15(9-3)18(16(10-4)12-8-2)17-19(5)13-14-20(17)6/h13-17H,7-12H2,1-6H3. The van der Waals surface area contributed by atoms with Gasteiger partial charge in [-0.15, -0.1) is 0 Å². The summed E-state index contributed by atoms with van der Waals surface area (Å²) in [5, 5.41) is 0. The molecule has 0 bridgehead atoms. The molecule has 1 aliphatic heterocycles. The summed E-state index contributed by atoms with van der Waals surface area (Å²) in [7, 11) is 4.49. The number of rotatable bonds is 9. The predicted molar refractivity (Wildman–Crippen MR) is 92.1 cm³/mol. The third-order valence-electron chi connectivity index (χ3n) is 5.17. The van der Waals surface area contributed by atoms with Crippen LogP contribution in [0.2, 0.25) is 11.6 Å². The van der Waals surface area contributed by atoms with Gasteiger partial charge in [0.1, 0.15) is 0 Å². The first-order chi connectivity index (χ1) is 9.60. The second-order valence-electron chi connectivity index (χ2n) is 6.53. The lowest BCUT2D eigenvalue weighted by Gasteiger charge is -2.41. The zero-order valence-electron chi connectivity index (χ0n) is 14.6. The fraction of sp³-hybridized carbons (Fsp3) is 0.882. The van der Waals surface area contributed by atoms with Gasteiger partial charge in [0.05, 0.1) is 6.07 Å². The van der Waals surface area contributed by atoms with Gasteiger partial charge in [0.25, 0.3) is 0 Å². The van der Waals surface area contributed by atoms with Crippen LogP contribution >= 0.6 is 0 Å². The van der Waals surface area contributed by atoms with Crippen LogP contribution in [0.15, 0.2) is 12.4 Å². The zero-order chi connectivity index (χ0) is 15.1. The van der Waals surface area contributed by atoms with Gasteiger partial charge in [0.2, 0.25) is 0 Å². The highest BCUT2D eigenvalue weighted by Gasteiger charge is 2.41. The van der Waals surface area contributed by atoms with Crippen molar-refractivity contribution >= 4 is 6.71 Å². The number of hydrogen-bond acceptors (Lipinski definition) is 2. The molecule has 2 nitrogen and oxygen atoms in total. The fourth-order valence-corrected chi connectivity index (χ4v) is 4.17. The van der Waals surface area contributed by atoms with Crippen LogP contribution in [0.5, 0.6) is 0 Å². The Morgan fingerprint density at radius 2 is 1.25 bits per heavy atom. The monoisotopic (exact) mass is 278 g/mol. The van der Waals surface area contributed by atoms with Gasteiger partial charge in [-0.1, -0.05) is 77.9 Å². The average molecular weight is 278 g/mol. The van der Waals surface area contributed by atoms with Crippen LogP contribution in [0.3, 0.4) is 0 Å². The molecular formula is C17H35BN2. The van der Waals surface area contributed by atoms with Crippen LogP contribution in [0.4, 0.5) is 0 Å². The molecule has 0 aromatic carbocycles. The van der Waals surface area contributed by atoms with Gasteiger partial charge in [-0.3, -0.25) is 0 Å². The van der Waals surface area contributed by atoms with Gasteiger partial charge in [0, 0.05) is 26.5 Å². The topological polar surface area (TPSA) is 6.48 Å².